The average molecular weight is 299 g/mol. The van der Waals surface area contributed by atoms with Gasteiger partial charge in [-0.3, -0.25) is 4.79 Å². The summed E-state index contributed by atoms with van der Waals surface area (Å²) in [6.45, 7) is 4.14. The Morgan fingerprint density at radius 1 is 1.56 bits per heavy atom. The summed E-state index contributed by atoms with van der Waals surface area (Å²) in [4.78, 5) is 13.1. The van der Waals surface area contributed by atoms with Gasteiger partial charge in [-0.15, -0.1) is 11.8 Å². The number of alkyl halides is 1. The maximum atomic E-state index is 11.9. The molecule has 0 spiro atoms. The standard InChI is InChI=1S/C13H15BrOS/c1-8-5-11-6-10(13(15)9(2)14)3-4-12(11)16-7-8/h3-4,6,8-9H,5,7H2,1-2H3. The monoisotopic (exact) mass is 298 g/mol. The molecule has 2 atom stereocenters. The molecule has 2 rings (SSSR count). The average Bonchev–Trinajstić information content (AvgIpc) is 2.26. The summed E-state index contributed by atoms with van der Waals surface area (Å²) in [5.74, 6) is 2.07. The summed E-state index contributed by atoms with van der Waals surface area (Å²) >= 11 is 5.23. The number of hydrogen-bond donors (Lipinski definition) is 0. The van der Waals surface area contributed by atoms with Gasteiger partial charge in [-0.2, -0.15) is 0 Å². The van der Waals surface area contributed by atoms with Crippen LogP contribution in [0, 0.1) is 5.92 Å². The molecule has 1 aliphatic rings. The number of halogens is 1. The number of fused-ring (bicyclic) bond motifs is 1. The zero-order valence-electron chi connectivity index (χ0n) is 9.50. The molecule has 0 N–H and O–H groups in total. The molecule has 1 aromatic rings. The lowest BCUT2D eigenvalue weighted by molar-refractivity contribution is 0.0995. The van der Waals surface area contributed by atoms with Gasteiger partial charge in [0, 0.05) is 16.2 Å². The summed E-state index contributed by atoms with van der Waals surface area (Å²) in [5, 5.41) is 0. The number of carbonyl (C=O) groups excluding carboxylic acids is 1. The van der Waals surface area contributed by atoms with Gasteiger partial charge in [-0.1, -0.05) is 28.9 Å². The van der Waals surface area contributed by atoms with Crippen LogP contribution in [0.25, 0.3) is 0 Å². The zero-order chi connectivity index (χ0) is 11.7. The number of ketones is 1. The van der Waals surface area contributed by atoms with Crippen molar-refractivity contribution in [2.24, 2.45) is 5.92 Å². The lowest BCUT2D eigenvalue weighted by Gasteiger charge is -2.21. The highest BCUT2D eigenvalue weighted by molar-refractivity contribution is 9.10. The number of benzene rings is 1. The van der Waals surface area contributed by atoms with Crippen LogP contribution in [-0.2, 0) is 6.42 Å². The first-order chi connectivity index (χ1) is 7.58. The topological polar surface area (TPSA) is 17.1 Å². The summed E-state index contributed by atoms with van der Waals surface area (Å²) in [6.07, 6.45) is 1.10. The molecule has 1 heterocycles. The fourth-order valence-electron chi connectivity index (χ4n) is 1.93. The van der Waals surface area contributed by atoms with Crippen LogP contribution in [0.3, 0.4) is 0 Å². The Morgan fingerprint density at radius 3 is 3.00 bits per heavy atom. The molecule has 1 aliphatic heterocycles. The Hall–Kier alpha value is -0.280. The van der Waals surface area contributed by atoms with Gasteiger partial charge in [0.25, 0.3) is 0 Å². The predicted molar refractivity (Wildman–Crippen MR) is 72.8 cm³/mol. The van der Waals surface area contributed by atoms with Gasteiger partial charge >= 0.3 is 0 Å². The van der Waals surface area contributed by atoms with Gasteiger partial charge < -0.3 is 0 Å². The van der Waals surface area contributed by atoms with Crippen LogP contribution in [0.2, 0.25) is 0 Å². The van der Waals surface area contributed by atoms with Gasteiger partial charge in [0.2, 0.25) is 0 Å². The molecule has 0 radical (unpaired) electrons. The fourth-order valence-corrected chi connectivity index (χ4v) is 3.27. The highest BCUT2D eigenvalue weighted by atomic mass is 79.9. The van der Waals surface area contributed by atoms with Crippen molar-refractivity contribution in [3.63, 3.8) is 0 Å². The van der Waals surface area contributed by atoms with E-state index in [0.29, 0.717) is 5.92 Å². The maximum absolute atomic E-state index is 11.9. The molecule has 86 valence electrons. The molecule has 3 heteroatoms. The fraction of sp³-hybridized carbons (Fsp3) is 0.462. The summed E-state index contributed by atoms with van der Waals surface area (Å²) in [6, 6.07) is 6.11. The third-order valence-corrected chi connectivity index (χ3v) is 4.66. The molecule has 1 aromatic carbocycles. The zero-order valence-corrected chi connectivity index (χ0v) is 11.9. The smallest absolute Gasteiger partial charge is 0.176 e. The van der Waals surface area contributed by atoms with Crippen molar-refractivity contribution in [2.45, 2.75) is 30.0 Å². The van der Waals surface area contributed by atoms with Crippen molar-refractivity contribution in [1.29, 1.82) is 0 Å². The van der Waals surface area contributed by atoms with E-state index in [-0.39, 0.29) is 10.6 Å². The van der Waals surface area contributed by atoms with E-state index in [1.54, 1.807) is 0 Å². The molecule has 0 aliphatic carbocycles. The van der Waals surface area contributed by atoms with Crippen LogP contribution in [0.1, 0.15) is 29.8 Å². The van der Waals surface area contributed by atoms with E-state index < -0.39 is 0 Å². The van der Waals surface area contributed by atoms with Gasteiger partial charge in [0.1, 0.15) is 0 Å². The SMILES string of the molecule is CC1CSc2ccc(C(=O)C(C)Br)cc2C1. The maximum Gasteiger partial charge on any atom is 0.176 e. The first-order valence-corrected chi connectivity index (χ1v) is 7.42. The van der Waals surface area contributed by atoms with E-state index in [9.17, 15) is 4.79 Å². The number of rotatable bonds is 2. The largest absolute Gasteiger partial charge is 0.293 e. The van der Waals surface area contributed by atoms with Crippen molar-refractivity contribution in [3.8, 4) is 0 Å². The second-order valence-electron chi connectivity index (χ2n) is 4.42. The minimum atomic E-state index is -0.0979. The lowest BCUT2D eigenvalue weighted by atomic mass is 9.98. The molecule has 0 saturated heterocycles. The first kappa shape index (κ1) is 12.2. The van der Waals surface area contributed by atoms with Gasteiger partial charge in [0.05, 0.1) is 4.83 Å². The predicted octanol–water partition coefficient (Wildman–Crippen LogP) is 3.94. The molecule has 0 aromatic heterocycles. The van der Waals surface area contributed by atoms with Crippen LogP contribution >= 0.6 is 27.7 Å². The van der Waals surface area contributed by atoms with Crippen LogP contribution in [0.15, 0.2) is 23.1 Å². The minimum Gasteiger partial charge on any atom is -0.293 e. The molecule has 2 unspecified atom stereocenters. The first-order valence-electron chi connectivity index (χ1n) is 5.52. The molecular weight excluding hydrogens is 284 g/mol. The van der Waals surface area contributed by atoms with Crippen molar-refractivity contribution in [2.75, 3.05) is 5.75 Å². The van der Waals surface area contributed by atoms with Crippen LogP contribution in [-0.4, -0.2) is 16.4 Å². The van der Waals surface area contributed by atoms with E-state index in [4.69, 9.17) is 0 Å². The second-order valence-corrected chi connectivity index (χ2v) is 6.86. The normalized spacial score (nSPS) is 21.3. The minimum absolute atomic E-state index is 0.0979. The Bertz CT molecular complexity index is 414. The summed E-state index contributed by atoms with van der Waals surface area (Å²) in [5.41, 5.74) is 2.17. The summed E-state index contributed by atoms with van der Waals surface area (Å²) in [7, 11) is 0. The van der Waals surface area contributed by atoms with Crippen LogP contribution < -0.4 is 0 Å². The Morgan fingerprint density at radius 2 is 2.31 bits per heavy atom. The second kappa shape index (κ2) is 4.92. The molecule has 1 nitrogen and oxygen atoms in total. The van der Waals surface area contributed by atoms with Crippen LogP contribution in [0.5, 0.6) is 0 Å². The Labute approximate surface area is 109 Å². The van der Waals surface area contributed by atoms with Crippen molar-refractivity contribution >= 4 is 33.5 Å². The van der Waals surface area contributed by atoms with Gasteiger partial charge in [0.15, 0.2) is 5.78 Å². The number of Topliss-reactive ketones (excluding diaryl/α,β-unsaturated/α-hetero) is 1. The highest BCUT2D eigenvalue weighted by Crippen LogP contribution is 2.33. The van der Waals surface area contributed by atoms with Crippen molar-refractivity contribution in [1.82, 2.24) is 0 Å². The van der Waals surface area contributed by atoms with Crippen molar-refractivity contribution in [3.05, 3.63) is 29.3 Å². The highest BCUT2D eigenvalue weighted by Gasteiger charge is 2.18. The molecule has 0 saturated carbocycles. The third kappa shape index (κ3) is 2.51. The van der Waals surface area contributed by atoms with Gasteiger partial charge in [-0.25, -0.2) is 0 Å². The number of thioether (sulfide) groups is 1. The van der Waals surface area contributed by atoms with E-state index in [1.165, 1.54) is 16.2 Å². The number of hydrogen-bond acceptors (Lipinski definition) is 2. The molecule has 16 heavy (non-hydrogen) atoms. The third-order valence-electron chi connectivity index (χ3n) is 2.80. The summed E-state index contributed by atoms with van der Waals surface area (Å²) < 4.78 is 0. The van der Waals surface area contributed by atoms with E-state index in [2.05, 4.69) is 35.0 Å². The molecule has 0 amide bonds. The Balaban J connectivity index is 2.31. The quantitative estimate of drug-likeness (QED) is 0.608. The molecule has 0 fully saturated rings. The van der Waals surface area contributed by atoms with E-state index in [1.807, 2.05) is 24.8 Å². The van der Waals surface area contributed by atoms with Crippen molar-refractivity contribution < 1.29 is 4.79 Å². The molecular formula is C13H15BrOS. The molecule has 0 bridgehead atoms. The van der Waals surface area contributed by atoms with E-state index in [0.717, 1.165) is 12.0 Å². The van der Waals surface area contributed by atoms with Gasteiger partial charge in [-0.05, 0) is 37.0 Å². The lowest BCUT2D eigenvalue weighted by Crippen LogP contribution is -2.13. The van der Waals surface area contributed by atoms with E-state index >= 15 is 0 Å². The van der Waals surface area contributed by atoms with Crippen LogP contribution in [0.4, 0.5) is 0 Å². The Kier molecular flexibility index (Phi) is 3.75. The number of carbonyl (C=O) groups is 1.